The number of aromatic nitrogens is 4. The number of aromatic amines is 1. The molecule has 1 aromatic carbocycles. The second-order valence-corrected chi connectivity index (χ2v) is 6.50. The van der Waals surface area contributed by atoms with E-state index in [-0.39, 0.29) is 5.56 Å². The van der Waals surface area contributed by atoms with Crippen LogP contribution in [-0.4, -0.2) is 45.5 Å². The number of para-hydroxylation sites is 1. The summed E-state index contributed by atoms with van der Waals surface area (Å²) in [5.41, 5.74) is 2.86. The molecule has 1 aliphatic heterocycles. The Morgan fingerprint density at radius 2 is 2.12 bits per heavy atom. The van der Waals surface area contributed by atoms with Crippen LogP contribution < -0.4 is 10.5 Å². The van der Waals surface area contributed by atoms with Crippen LogP contribution in [0.3, 0.4) is 0 Å². The van der Waals surface area contributed by atoms with E-state index in [1.807, 2.05) is 30.1 Å². The van der Waals surface area contributed by atoms with Crippen molar-refractivity contribution >= 4 is 16.7 Å². The molecule has 3 heterocycles. The van der Waals surface area contributed by atoms with Gasteiger partial charge in [0, 0.05) is 32.1 Å². The van der Waals surface area contributed by atoms with E-state index in [2.05, 4.69) is 31.9 Å². The fourth-order valence-corrected chi connectivity index (χ4v) is 3.30. The van der Waals surface area contributed by atoms with Crippen LogP contribution in [0.2, 0.25) is 0 Å². The standard InChI is InChI=1S/C18H20N6O/c1-23-8-7-14-13(9-23)17(20-11-19-14)24(2)10-16-21-15-6-4-3-5-12(15)18(25)22-16/h3-6,11H,7-10H2,1-2H3,(H,21,22,25). The van der Waals surface area contributed by atoms with Gasteiger partial charge in [0.15, 0.2) is 0 Å². The molecular formula is C18H20N6O. The van der Waals surface area contributed by atoms with Crippen molar-refractivity contribution in [3.8, 4) is 0 Å². The highest BCUT2D eigenvalue weighted by molar-refractivity contribution is 5.77. The minimum atomic E-state index is -0.113. The number of likely N-dealkylation sites (N-methyl/N-ethyl adjacent to an activating group) is 1. The molecule has 0 spiro atoms. The second-order valence-electron chi connectivity index (χ2n) is 6.50. The van der Waals surface area contributed by atoms with Crippen LogP contribution in [0.1, 0.15) is 17.1 Å². The van der Waals surface area contributed by atoms with Crippen LogP contribution in [0, 0.1) is 0 Å². The first kappa shape index (κ1) is 15.7. The number of nitrogens with zero attached hydrogens (tertiary/aromatic N) is 5. The molecule has 1 aliphatic rings. The Morgan fingerprint density at radius 3 is 3.00 bits per heavy atom. The Kier molecular flexibility index (Phi) is 3.93. The monoisotopic (exact) mass is 336 g/mol. The first-order chi connectivity index (χ1) is 12.1. The molecule has 7 nitrogen and oxygen atoms in total. The molecule has 0 saturated heterocycles. The lowest BCUT2D eigenvalue weighted by Gasteiger charge is -2.28. The van der Waals surface area contributed by atoms with Crippen LogP contribution in [-0.2, 0) is 19.5 Å². The molecule has 25 heavy (non-hydrogen) atoms. The first-order valence-corrected chi connectivity index (χ1v) is 8.32. The number of hydrogen-bond acceptors (Lipinski definition) is 6. The third kappa shape index (κ3) is 2.98. The molecule has 0 fully saturated rings. The van der Waals surface area contributed by atoms with Crippen LogP contribution in [0.4, 0.5) is 5.82 Å². The average Bonchev–Trinajstić information content (AvgIpc) is 2.61. The minimum absolute atomic E-state index is 0.113. The molecule has 3 aromatic rings. The van der Waals surface area contributed by atoms with E-state index in [1.54, 1.807) is 12.4 Å². The van der Waals surface area contributed by atoms with Gasteiger partial charge in [-0.15, -0.1) is 0 Å². The summed E-state index contributed by atoms with van der Waals surface area (Å²) in [6.07, 6.45) is 2.55. The van der Waals surface area contributed by atoms with E-state index in [1.165, 1.54) is 0 Å². The molecule has 7 heteroatoms. The smallest absolute Gasteiger partial charge is 0.258 e. The average molecular weight is 336 g/mol. The van der Waals surface area contributed by atoms with Crippen molar-refractivity contribution in [1.29, 1.82) is 0 Å². The van der Waals surface area contributed by atoms with Crippen LogP contribution >= 0.6 is 0 Å². The van der Waals surface area contributed by atoms with Crippen molar-refractivity contribution in [2.45, 2.75) is 19.5 Å². The highest BCUT2D eigenvalue weighted by Gasteiger charge is 2.21. The Morgan fingerprint density at radius 1 is 1.28 bits per heavy atom. The summed E-state index contributed by atoms with van der Waals surface area (Å²) in [6.45, 7) is 2.32. The Hall–Kier alpha value is -2.80. The topological polar surface area (TPSA) is 78.0 Å². The molecule has 0 saturated carbocycles. The zero-order valence-corrected chi connectivity index (χ0v) is 14.4. The van der Waals surface area contributed by atoms with E-state index in [0.717, 1.165) is 36.6 Å². The van der Waals surface area contributed by atoms with Crippen molar-refractivity contribution in [2.75, 3.05) is 25.5 Å². The number of fused-ring (bicyclic) bond motifs is 2. The van der Waals surface area contributed by atoms with Gasteiger partial charge in [0.1, 0.15) is 18.0 Å². The molecule has 2 aromatic heterocycles. The van der Waals surface area contributed by atoms with Gasteiger partial charge in [0.25, 0.3) is 5.56 Å². The summed E-state index contributed by atoms with van der Waals surface area (Å²) in [5, 5.41) is 0.606. The van der Waals surface area contributed by atoms with E-state index >= 15 is 0 Å². The number of nitrogens with one attached hydrogen (secondary N) is 1. The predicted molar refractivity (Wildman–Crippen MR) is 96.5 cm³/mol. The van der Waals surface area contributed by atoms with Crippen molar-refractivity contribution in [3.63, 3.8) is 0 Å². The third-order valence-corrected chi connectivity index (χ3v) is 4.58. The van der Waals surface area contributed by atoms with E-state index < -0.39 is 0 Å². The van der Waals surface area contributed by atoms with E-state index in [9.17, 15) is 4.79 Å². The van der Waals surface area contributed by atoms with Gasteiger partial charge in [-0.25, -0.2) is 15.0 Å². The second kappa shape index (κ2) is 6.25. The summed E-state index contributed by atoms with van der Waals surface area (Å²) in [7, 11) is 4.06. The molecule has 0 unspecified atom stereocenters. The van der Waals surface area contributed by atoms with Gasteiger partial charge in [-0.1, -0.05) is 12.1 Å². The molecule has 128 valence electrons. The maximum absolute atomic E-state index is 12.2. The molecule has 0 atom stereocenters. The van der Waals surface area contributed by atoms with Gasteiger partial charge >= 0.3 is 0 Å². The molecule has 1 N–H and O–H groups in total. The zero-order valence-electron chi connectivity index (χ0n) is 14.4. The number of H-pyrrole nitrogens is 1. The van der Waals surface area contributed by atoms with Gasteiger partial charge in [-0.2, -0.15) is 0 Å². The predicted octanol–water partition coefficient (Wildman–Crippen LogP) is 1.34. The van der Waals surface area contributed by atoms with Crippen LogP contribution in [0.25, 0.3) is 10.9 Å². The molecule has 0 bridgehead atoms. The Bertz CT molecular complexity index is 983. The highest BCUT2D eigenvalue weighted by Crippen LogP contribution is 2.25. The van der Waals surface area contributed by atoms with E-state index in [4.69, 9.17) is 0 Å². The van der Waals surface area contributed by atoms with Gasteiger partial charge < -0.3 is 14.8 Å². The van der Waals surface area contributed by atoms with Gasteiger partial charge in [0.2, 0.25) is 0 Å². The van der Waals surface area contributed by atoms with Gasteiger partial charge in [-0.05, 0) is 19.2 Å². The lowest BCUT2D eigenvalue weighted by atomic mass is 10.1. The van der Waals surface area contributed by atoms with Crippen molar-refractivity contribution in [2.24, 2.45) is 0 Å². The van der Waals surface area contributed by atoms with Crippen LogP contribution in [0.5, 0.6) is 0 Å². The van der Waals surface area contributed by atoms with Gasteiger partial charge in [-0.3, -0.25) is 4.79 Å². The maximum atomic E-state index is 12.2. The summed E-state index contributed by atoms with van der Waals surface area (Å²) in [4.78, 5) is 32.9. The molecule has 0 amide bonds. The SMILES string of the molecule is CN1CCc2ncnc(N(C)Cc3nc4ccccc4c(=O)[nH]3)c2C1. The Labute approximate surface area is 145 Å². The van der Waals surface area contributed by atoms with Crippen LogP contribution in [0.15, 0.2) is 35.4 Å². The summed E-state index contributed by atoms with van der Waals surface area (Å²) < 4.78 is 0. The fraction of sp³-hybridized carbons (Fsp3) is 0.333. The highest BCUT2D eigenvalue weighted by atomic mass is 16.1. The number of benzene rings is 1. The molecule has 0 aliphatic carbocycles. The quantitative estimate of drug-likeness (QED) is 0.778. The third-order valence-electron chi connectivity index (χ3n) is 4.58. The Balaban J connectivity index is 1.67. The van der Waals surface area contributed by atoms with Crippen molar-refractivity contribution in [1.82, 2.24) is 24.8 Å². The summed E-state index contributed by atoms with van der Waals surface area (Å²) >= 11 is 0. The largest absolute Gasteiger partial charge is 0.352 e. The van der Waals surface area contributed by atoms with E-state index in [0.29, 0.717) is 23.3 Å². The number of hydrogen-bond donors (Lipinski definition) is 1. The molecular weight excluding hydrogens is 316 g/mol. The fourth-order valence-electron chi connectivity index (χ4n) is 3.30. The lowest BCUT2D eigenvalue weighted by Crippen LogP contribution is -2.31. The molecule has 4 rings (SSSR count). The molecule has 0 radical (unpaired) electrons. The zero-order chi connectivity index (χ0) is 17.4. The van der Waals surface area contributed by atoms with Crippen molar-refractivity contribution in [3.05, 3.63) is 58.0 Å². The number of rotatable bonds is 3. The maximum Gasteiger partial charge on any atom is 0.258 e. The van der Waals surface area contributed by atoms with Crippen molar-refractivity contribution < 1.29 is 0 Å². The summed E-state index contributed by atoms with van der Waals surface area (Å²) in [5.74, 6) is 1.52. The minimum Gasteiger partial charge on any atom is -0.352 e. The summed E-state index contributed by atoms with van der Waals surface area (Å²) in [6, 6.07) is 7.37. The normalized spacial score (nSPS) is 14.5. The number of anilines is 1. The van der Waals surface area contributed by atoms with Gasteiger partial charge in [0.05, 0.1) is 23.1 Å². The lowest BCUT2D eigenvalue weighted by molar-refractivity contribution is 0.309. The first-order valence-electron chi connectivity index (χ1n) is 8.32.